The van der Waals surface area contributed by atoms with E-state index in [0.29, 0.717) is 0 Å². The van der Waals surface area contributed by atoms with Crippen molar-refractivity contribution in [3.63, 3.8) is 0 Å². The first kappa shape index (κ1) is 14.2. The molecule has 1 atom stereocenters. The zero-order valence-electron chi connectivity index (χ0n) is 12.5. The molecule has 1 unspecified atom stereocenters. The zero-order valence-corrected chi connectivity index (χ0v) is 12.5. The summed E-state index contributed by atoms with van der Waals surface area (Å²) in [7, 11) is 0. The minimum Gasteiger partial charge on any atom is -0.339 e. The highest BCUT2D eigenvalue weighted by Gasteiger charge is 2.20. The molecule has 0 saturated carbocycles. The average Bonchev–Trinajstić information content (AvgIpc) is 2.98. The van der Waals surface area contributed by atoms with Crippen LogP contribution < -0.4 is 5.32 Å². The van der Waals surface area contributed by atoms with Crippen LogP contribution in [0.5, 0.6) is 0 Å². The van der Waals surface area contributed by atoms with Crippen LogP contribution in [0.4, 0.5) is 0 Å². The van der Waals surface area contributed by atoms with Crippen molar-refractivity contribution in [2.75, 3.05) is 26.2 Å². The van der Waals surface area contributed by atoms with Crippen molar-refractivity contribution in [2.45, 2.75) is 25.8 Å². The molecule has 2 aromatic rings. The Morgan fingerprint density at radius 1 is 1.24 bits per heavy atom. The minimum atomic E-state index is 0.190. The number of piperazine rings is 1. The van der Waals surface area contributed by atoms with E-state index in [2.05, 4.69) is 51.5 Å². The Kier molecular flexibility index (Phi) is 4.62. The summed E-state index contributed by atoms with van der Waals surface area (Å²) in [6.45, 7) is 7.08. The van der Waals surface area contributed by atoms with E-state index in [0.717, 1.165) is 50.9 Å². The first-order valence-electron chi connectivity index (χ1n) is 7.67. The number of aromatic nitrogens is 2. The maximum absolute atomic E-state index is 5.51. The fraction of sp³-hybridized carbons (Fsp3) is 0.500. The topological polar surface area (TPSA) is 54.2 Å². The molecule has 0 spiro atoms. The van der Waals surface area contributed by atoms with Crippen molar-refractivity contribution < 1.29 is 4.52 Å². The van der Waals surface area contributed by atoms with Gasteiger partial charge in [0.2, 0.25) is 5.89 Å². The normalized spacial score (nSPS) is 17.8. The summed E-state index contributed by atoms with van der Waals surface area (Å²) in [5.41, 5.74) is 1.23. The lowest BCUT2D eigenvalue weighted by atomic mass is 9.96. The van der Waals surface area contributed by atoms with Gasteiger partial charge in [0.15, 0.2) is 5.82 Å². The van der Waals surface area contributed by atoms with Crippen molar-refractivity contribution in [3.05, 3.63) is 47.6 Å². The number of benzene rings is 1. The van der Waals surface area contributed by atoms with Gasteiger partial charge >= 0.3 is 0 Å². The maximum Gasteiger partial charge on any atom is 0.234 e. The van der Waals surface area contributed by atoms with Gasteiger partial charge in [-0.25, -0.2) is 0 Å². The Hall–Kier alpha value is -1.72. The monoisotopic (exact) mass is 286 g/mol. The Balaban J connectivity index is 1.71. The molecule has 5 heteroatoms. The number of nitrogens with one attached hydrogen (secondary N) is 1. The van der Waals surface area contributed by atoms with E-state index in [1.54, 1.807) is 0 Å². The molecule has 112 valence electrons. The van der Waals surface area contributed by atoms with Gasteiger partial charge in [-0.3, -0.25) is 4.90 Å². The van der Waals surface area contributed by atoms with Gasteiger partial charge in [-0.2, -0.15) is 4.98 Å². The second kappa shape index (κ2) is 6.83. The van der Waals surface area contributed by atoms with Crippen LogP contribution in [0, 0.1) is 0 Å². The quantitative estimate of drug-likeness (QED) is 0.911. The van der Waals surface area contributed by atoms with Crippen molar-refractivity contribution in [2.24, 2.45) is 0 Å². The minimum absolute atomic E-state index is 0.190. The molecule has 1 saturated heterocycles. The lowest BCUT2D eigenvalue weighted by Crippen LogP contribution is -2.43. The Bertz CT molecular complexity index is 548. The van der Waals surface area contributed by atoms with E-state index in [4.69, 9.17) is 4.52 Å². The molecule has 3 rings (SSSR count). The van der Waals surface area contributed by atoms with Crippen molar-refractivity contribution in [1.29, 1.82) is 0 Å². The van der Waals surface area contributed by atoms with Crippen LogP contribution in [0.1, 0.15) is 36.5 Å². The molecule has 1 fully saturated rings. The summed E-state index contributed by atoms with van der Waals surface area (Å²) in [5, 5.41) is 7.51. The van der Waals surface area contributed by atoms with Crippen molar-refractivity contribution >= 4 is 0 Å². The standard InChI is InChI=1S/C16H22N4O/c1-2-14(13-6-4-3-5-7-13)16-18-15(19-21-16)12-20-10-8-17-9-11-20/h3-7,14,17H,2,8-12H2,1H3. The highest BCUT2D eigenvalue weighted by Crippen LogP contribution is 2.26. The van der Waals surface area contributed by atoms with E-state index in [9.17, 15) is 0 Å². The smallest absolute Gasteiger partial charge is 0.234 e. The Morgan fingerprint density at radius 3 is 2.71 bits per heavy atom. The van der Waals surface area contributed by atoms with Crippen LogP contribution in [-0.4, -0.2) is 41.2 Å². The third kappa shape index (κ3) is 3.49. The predicted octanol–water partition coefficient (Wildman–Crippen LogP) is 2.02. The lowest BCUT2D eigenvalue weighted by Gasteiger charge is -2.25. The second-order valence-electron chi connectivity index (χ2n) is 5.45. The number of hydrogen-bond acceptors (Lipinski definition) is 5. The molecule has 1 aromatic carbocycles. The van der Waals surface area contributed by atoms with E-state index in [1.807, 2.05) is 6.07 Å². The summed E-state index contributed by atoms with van der Waals surface area (Å²) in [6.07, 6.45) is 0.958. The predicted molar refractivity (Wildman–Crippen MR) is 81.0 cm³/mol. The molecule has 0 amide bonds. The Morgan fingerprint density at radius 2 is 2.00 bits per heavy atom. The van der Waals surface area contributed by atoms with Gasteiger partial charge in [0.05, 0.1) is 12.5 Å². The molecular weight excluding hydrogens is 264 g/mol. The zero-order chi connectivity index (χ0) is 14.5. The summed E-state index contributed by atoms with van der Waals surface area (Å²) in [5.74, 6) is 1.71. The second-order valence-corrected chi connectivity index (χ2v) is 5.45. The number of nitrogens with zero attached hydrogens (tertiary/aromatic N) is 3. The fourth-order valence-electron chi connectivity index (χ4n) is 2.78. The maximum atomic E-state index is 5.51. The van der Waals surface area contributed by atoms with Gasteiger partial charge in [0, 0.05) is 26.2 Å². The molecule has 0 radical (unpaired) electrons. The van der Waals surface area contributed by atoms with Gasteiger partial charge in [-0.15, -0.1) is 0 Å². The van der Waals surface area contributed by atoms with Gasteiger partial charge in [0.1, 0.15) is 0 Å². The molecule has 2 heterocycles. The molecular formula is C16H22N4O. The van der Waals surface area contributed by atoms with Gasteiger partial charge in [-0.1, -0.05) is 42.4 Å². The summed E-state index contributed by atoms with van der Waals surface area (Å²) in [4.78, 5) is 6.97. The molecule has 1 N–H and O–H groups in total. The van der Waals surface area contributed by atoms with Gasteiger partial charge in [-0.05, 0) is 12.0 Å². The molecule has 0 bridgehead atoms. The van der Waals surface area contributed by atoms with Gasteiger partial charge < -0.3 is 9.84 Å². The Labute approximate surface area is 125 Å². The highest BCUT2D eigenvalue weighted by molar-refractivity contribution is 5.24. The van der Waals surface area contributed by atoms with Crippen molar-refractivity contribution in [3.8, 4) is 0 Å². The average molecular weight is 286 g/mol. The van der Waals surface area contributed by atoms with E-state index < -0.39 is 0 Å². The van der Waals surface area contributed by atoms with Crippen LogP contribution in [0.2, 0.25) is 0 Å². The van der Waals surface area contributed by atoms with Crippen LogP contribution in [0.15, 0.2) is 34.9 Å². The number of rotatable bonds is 5. The molecule has 0 aliphatic carbocycles. The van der Waals surface area contributed by atoms with Crippen LogP contribution >= 0.6 is 0 Å². The number of hydrogen-bond donors (Lipinski definition) is 1. The van der Waals surface area contributed by atoms with E-state index in [-0.39, 0.29) is 5.92 Å². The molecule has 1 aliphatic heterocycles. The van der Waals surface area contributed by atoms with Crippen LogP contribution in [-0.2, 0) is 6.54 Å². The first-order valence-corrected chi connectivity index (χ1v) is 7.67. The van der Waals surface area contributed by atoms with Crippen molar-refractivity contribution in [1.82, 2.24) is 20.4 Å². The van der Waals surface area contributed by atoms with Gasteiger partial charge in [0.25, 0.3) is 0 Å². The summed E-state index contributed by atoms with van der Waals surface area (Å²) in [6, 6.07) is 10.4. The third-order valence-corrected chi connectivity index (χ3v) is 3.97. The highest BCUT2D eigenvalue weighted by atomic mass is 16.5. The summed E-state index contributed by atoms with van der Waals surface area (Å²) < 4.78 is 5.51. The van der Waals surface area contributed by atoms with E-state index in [1.165, 1.54) is 5.56 Å². The molecule has 5 nitrogen and oxygen atoms in total. The molecule has 21 heavy (non-hydrogen) atoms. The third-order valence-electron chi connectivity index (χ3n) is 3.97. The first-order chi connectivity index (χ1) is 10.4. The van der Waals surface area contributed by atoms with Crippen LogP contribution in [0.25, 0.3) is 0 Å². The van der Waals surface area contributed by atoms with Crippen LogP contribution in [0.3, 0.4) is 0 Å². The fourth-order valence-corrected chi connectivity index (χ4v) is 2.78. The molecule has 1 aliphatic rings. The van der Waals surface area contributed by atoms with E-state index >= 15 is 0 Å². The SMILES string of the molecule is CCC(c1ccccc1)c1nc(CN2CCNCC2)no1. The summed E-state index contributed by atoms with van der Waals surface area (Å²) >= 11 is 0. The molecule has 1 aromatic heterocycles. The lowest BCUT2D eigenvalue weighted by molar-refractivity contribution is 0.224. The largest absolute Gasteiger partial charge is 0.339 e.